The van der Waals surface area contributed by atoms with Crippen molar-refractivity contribution in [3.05, 3.63) is 12.2 Å². The summed E-state index contributed by atoms with van der Waals surface area (Å²) in [5.41, 5.74) is 0. The Morgan fingerprint density at radius 1 is 1.24 bits per heavy atom. The highest BCUT2D eigenvalue weighted by Crippen LogP contribution is 2.17. The molecule has 0 radical (unpaired) electrons. The average Bonchev–Trinajstić information content (AvgIpc) is 2.61. The SMILES string of the molecule is CCCNC(=O)N[C@H]1C=C[C@H](CC(=O)N2CCN(C)CC2)O[C@@H]1CO. The molecule has 8 nitrogen and oxygen atoms in total. The third-order valence-electron chi connectivity index (χ3n) is 4.53. The molecule has 0 aromatic carbocycles. The van der Waals surface area contributed by atoms with Gasteiger partial charge in [-0.15, -0.1) is 0 Å². The zero-order valence-corrected chi connectivity index (χ0v) is 15.1. The van der Waals surface area contributed by atoms with E-state index in [9.17, 15) is 14.7 Å². The Kier molecular flexibility index (Phi) is 7.67. The fourth-order valence-corrected chi connectivity index (χ4v) is 2.93. The number of urea groups is 1. The Hall–Kier alpha value is -1.64. The second kappa shape index (κ2) is 9.74. The molecule has 25 heavy (non-hydrogen) atoms. The maximum absolute atomic E-state index is 12.4. The van der Waals surface area contributed by atoms with Crippen LogP contribution in [0.4, 0.5) is 4.79 Å². The first-order valence-corrected chi connectivity index (χ1v) is 8.98. The lowest BCUT2D eigenvalue weighted by Gasteiger charge is -2.35. The monoisotopic (exact) mass is 354 g/mol. The van der Waals surface area contributed by atoms with Crippen LogP contribution < -0.4 is 10.6 Å². The van der Waals surface area contributed by atoms with Crippen molar-refractivity contribution in [3.8, 4) is 0 Å². The lowest BCUT2D eigenvalue weighted by Crippen LogP contribution is -2.52. The van der Waals surface area contributed by atoms with Gasteiger partial charge >= 0.3 is 6.03 Å². The van der Waals surface area contributed by atoms with E-state index in [0.717, 1.165) is 32.6 Å². The molecule has 0 aliphatic carbocycles. The highest BCUT2D eigenvalue weighted by molar-refractivity contribution is 5.77. The van der Waals surface area contributed by atoms with Crippen molar-refractivity contribution in [3.63, 3.8) is 0 Å². The molecule has 2 rings (SSSR count). The lowest BCUT2D eigenvalue weighted by atomic mass is 10.0. The fourth-order valence-electron chi connectivity index (χ4n) is 2.93. The molecule has 3 N–H and O–H groups in total. The van der Waals surface area contributed by atoms with Gasteiger partial charge in [0.1, 0.15) is 6.10 Å². The molecule has 0 bridgehead atoms. The maximum Gasteiger partial charge on any atom is 0.315 e. The summed E-state index contributed by atoms with van der Waals surface area (Å²) in [6.07, 6.45) is 3.78. The van der Waals surface area contributed by atoms with Crippen LogP contribution >= 0.6 is 0 Å². The quantitative estimate of drug-likeness (QED) is 0.562. The zero-order valence-electron chi connectivity index (χ0n) is 15.1. The molecule has 0 saturated carbocycles. The number of nitrogens with zero attached hydrogens (tertiary/aromatic N) is 2. The third kappa shape index (κ3) is 5.98. The molecule has 0 aromatic rings. The molecule has 0 aromatic heterocycles. The number of rotatable bonds is 6. The van der Waals surface area contributed by atoms with Crippen LogP contribution in [0.2, 0.25) is 0 Å². The fraction of sp³-hybridized carbons (Fsp3) is 0.765. The number of aliphatic hydroxyl groups is 1. The predicted molar refractivity (Wildman–Crippen MR) is 94.2 cm³/mol. The number of likely N-dealkylation sites (N-methyl/N-ethyl adjacent to an activating group) is 1. The van der Waals surface area contributed by atoms with Crippen molar-refractivity contribution in [1.29, 1.82) is 0 Å². The van der Waals surface area contributed by atoms with Crippen molar-refractivity contribution >= 4 is 11.9 Å². The number of hydrogen-bond donors (Lipinski definition) is 3. The molecular weight excluding hydrogens is 324 g/mol. The molecule has 2 heterocycles. The minimum Gasteiger partial charge on any atom is -0.394 e. The van der Waals surface area contributed by atoms with Gasteiger partial charge in [0.25, 0.3) is 0 Å². The number of carbonyl (C=O) groups is 2. The molecule has 3 atom stereocenters. The van der Waals surface area contributed by atoms with E-state index < -0.39 is 12.1 Å². The number of aliphatic hydroxyl groups excluding tert-OH is 1. The first-order valence-electron chi connectivity index (χ1n) is 8.98. The van der Waals surface area contributed by atoms with E-state index in [-0.39, 0.29) is 31.1 Å². The number of ether oxygens (including phenoxy) is 1. The molecule has 142 valence electrons. The highest BCUT2D eigenvalue weighted by Gasteiger charge is 2.30. The number of amides is 3. The van der Waals surface area contributed by atoms with Gasteiger partial charge < -0.3 is 30.3 Å². The average molecular weight is 354 g/mol. The summed E-state index contributed by atoms with van der Waals surface area (Å²) < 4.78 is 5.80. The highest BCUT2D eigenvalue weighted by atomic mass is 16.5. The summed E-state index contributed by atoms with van der Waals surface area (Å²) in [4.78, 5) is 28.2. The van der Waals surface area contributed by atoms with E-state index in [0.29, 0.717) is 6.54 Å². The zero-order chi connectivity index (χ0) is 18.2. The number of piperazine rings is 1. The van der Waals surface area contributed by atoms with E-state index in [1.807, 2.05) is 18.9 Å². The number of hydrogen-bond acceptors (Lipinski definition) is 5. The van der Waals surface area contributed by atoms with E-state index in [2.05, 4.69) is 15.5 Å². The number of carbonyl (C=O) groups excluding carboxylic acids is 2. The molecule has 1 saturated heterocycles. The Balaban J connectivity index is 1.84. The van der Waals surface area contributed by atoms with Gasteiger partial charge in [-0.25, -0.2) is 4.79 Å². The summed E-state index contributed by atoms with van der Waals surface area (Å²) in [5, 5.41) is 15.1. The molecule has 3 amide bonds. The van der Waals surface area contributed by atoms with Gasteiger partial charge in [0.05, 0.1) is 25.2 Å². The standard InChI is InChI=1S/C17H30N4O4/c1-3-6-18-17(24)19-14-5-4-13(25-15(14)12-22)11-16(23)21-9-7-20(2)8-10-21/h4-5,13-15,22H,3,6-12H2,1-2H3,(H2,18,19,24)/t13-,14+,15-/m1/s1. The second-order valence-corrected chi connectivity index (χ2v) is 6.59. The largest absolute Gasteiger partial charge is 0.394 e. The molecule has 2 aliphatic heterocycles. The van der Waals surface area contributed by atoms with E-state index in [4.69, 9.17) is 4.74 Å². The van der Waals surface area contributed by atoms with Gasteiger partial charge in [-0.2, -0.15) is 0 Å². The van der Waals surface area contributed by atoms with Crippen molar-refractivity contribution in [1.82, 2.24) is 20.4 Å². The van der Waals surface area contributed by atoms with Crippen molar-refractivity contribution in [2.45, 2.75) is 38.0 Å². The summed E-state index contributed by atoms with van der Waals surface area (Å²) in [5.74, 6) is 0.0616. The molecule has 8 heteroatoms. The minimum absolute atomic E-state index is 0.0616. The third-order valence-corrected chi connectivity index (χ3v) is 4.53. The van der Waals surface area contributed by atoms with Gasteiger partial charge in [-0.05, 0) is 13.5 Å². The van der Waals surface area contributed by atoms with Gasteiger partial charge in [0, 0.05) is 32.7 Å². The molecule has 2 aliphatic rings. The molecule has 0 spiro atoms. The topological polar surface area (TPSA) is 94.1 Å². The van der Waals surface area contributed by atoms with E-state index >= 15 is 0 Å². The smallest absolute Gasteiger partial charge is 0.315 e. The summed E-state index contributed by atoms with van der Waals surface area (Å²) in [7, 11) is 2.05. The second-order valence-electron chi connectivity index (χ2n) is 6.59. The first-order chi connectivity index (χ1) is 12.0. The van der Waals surface area contributed by atoms with E-state index in [1.54, 1.807) is 12.2 Å². The number of nitrogens with one attached hydrogen (secondary N) is 2. The molecule has 0 unspecified atom stereocenters. The van der Waals surface area contributed by atoms with Crippen LogP contribution in [-0.4, -0.2) is 91.5 Å². The first kappa shape index (κ1) is 19.7. The van der Waals surface area contributed by atoms with Gasteiger partial charge in [-0.1, -0.05) is 19.1 Å². The van der Waals surface area contributed by atoms with Gasteiger partial charge in [0.2, 0.25) is 5.91 Å². The predicted octanol–water partition coefficient (Wildman–Crippen LogP) is -0.456. The van der Waals surface area contributed by atoms with Crippen LogP contribution in [0.3, 0.4) is 0 Å². The van der Waals surface area contributed by atoms with Crippen LogP contribution in [0.15, 0.2) is 12.2 Å². The van der Waals surface area contributed by atoms with Crippen LogP contribution in [0.5, 0.6) is 0 Å². The summed E-state index contributed by atoms with van der Waals surface area (Å²) in [6.45, 7) is 5.57. The van der Waals surface area contributed by atoms with Gasteiger partial charge in [-0.3, -0.25) is 4.79 Å². The van der Waals surface area contributed by atoms with Crippen LogP contribution in [0, 0.1) is 0 Å². The Morgan fingerprint density at radius 2 is 1.96 bits per heavy atom. The lowest BCUT2D eigenvalue weighted by molar-refractivity contribution is -0.137. The van der Waals surface area contributed by atoms with Crippen LogP contribution in [0.25, 0.3) is 0 Å². The normalized spacial score (nSPS) is 27.2. The molecule has 1 fully saturated rings. The Morgan fingerprint density at radius 3 is 2.60 bits per heavy atom. The Labute approximate surface area is 149 Å². The van der Waals surface area contributed by atoms with Gasteiger partial charge in [0.15, 0.2) is 0 Å². The minimum atomic E-state index is -0.553. The Bertz CT molecular complexity index is 477. The van der Waals surface area contributed by atoms with E-state index in [1.165, 1.54) is 0 Å². The van der Waals surface area contributed by atoms with Crippen molar-refractivity contribution in [2.75, 3.05) is 46.4 Å². The van der Waals surface area contributed by atoms with Crippen molar-refractivity contribution < 1.29 is 19.4 Å². The summed E-state index contributed by atoms with van der Waals surface area (Å²) in [6, 6.07) is -0.692. The molecular formula is C17H30N4O4. The summed E-state index contributed by atoms with van der Waals surface area (Å²) >= 11 is 0. The van der Waals surface area contributed by atoms with Crippen molar-refractivity contribution in [2.24, 2.45) is 0 Å². The van der Waals surface area contributed by atoms with Crippen LogP contribution in [-0.2, 0) is 9.53 Å². The maximum atomic E-state index is 12.4. The van der Waals surface area contributed by atoms with Crippen LogP contribution in [0.1, 0.15) is 19.8 Å².